The monoisotopic (exact) mass is 283 g/mol. The molecule has 3 heteroatoms. The number of aromatic nitrogens is 2. The zero-order chi connectivity index (χ0) is 14.7. The van der Waals surface area contributed by atoms with Gasteiger partial charge in [-0.2, -0.15) is 0 Å². The molecule has 1 aliphatic heterocycles. The fraction of sp³-hybridized carbons (Fsp3) is 0.500. The van der Waals surface area contributed by atoms with Gasteiger partial charge < -0.3 is 4.57 Å². The Hall–Kier alpha value is -1.61. The molecule has 1 aromatic heterocycles. The van der Waals surface area contributed by atoms with E-state index >= 15 is 0 Å². The second kappa shape index (κ2) is 6.44. The van der Waals surface area contributed by atoms with E-state index in [1.165, 1.54) is 37.2 Å². The summed E-state index contributed by atoms with van der Waals surface area (Å²) in [6.07, 6.45) is 8.37. The summed E-state index contributed by atoms with van der Waals surface area (Å²) in [5.74, 6) is 1.67. The SMILES string of the molecule is CC(C)[C@@H]1CCCN(Cc2ccc(-n3ccnc3)cc2)C1. The van der Waals surface area contributed by atoms with Crippen molar-refractivity contribution in [1.29, 1.82) is 0 Å². The molecule has 2 heterocycles. The van der Waals surface area contributed by atoms with Crippen molar-refractivity contribution in [3.63, 3.8) is 0 Å². The molecule has 21 heavy (non-hydrogen) atoms. The molecule has 0 saturated carbocycles. The van der Waals surface area contributed by atoms with Crippen molar-refractivity contribution in [2.24, 2.45) is 11.8 Å². The van der Waals surface area contributed by atoms with E-state index in [4.69, 9.17) is 0 Å². The lowest BCUT2D eigenvalue weighted by atomic mass is 9.88. The lowest BCUT2D eigenvalue weighted by Crippen LogP contribution is -2.36. The normalized spacial score (nSPS) is 20.0. The topological polar surface area (TPSA) is 21.1 Å². The van der Waals surface area contributed by atoms with Crippen molar-refractivity contribution < 1.29 is 0 Å². The van der Waals surface area contributed by atoms with Crippen LogP contribution in [0.4, 0.5) is 0 Å². The van der Waals surface area contributed by atoms with Gasteiger partial charge in [0.1, 0.15) is 0 Å². The van der Waals surface area contributed by atoms with E-state index in [1.807, 2.05) is 23.3 Å². The number of nitrogens with zero attached hydrogens (tertiary/aromatic N) is 3. The highest BCUT2D eigenvalue weighted by molar-refractivity contribution is 5.34. The summed E-state index contributed by atoms with van der Waals surface area (Å²) in [4.78, 5) is 6.71. The number of piperidine rings is 1. The predicted molar refractivity (Wildman–Crippen MR) is 86.4 cm³/mol. The first-order valence-corrected chi connectivity index (χ1v) is 8.02. The molecule has 2 aromatic rings. The van der Waals surface area contributed by atoms with Crippen LogP contribution in [0.3, 0.4) is 0 Å². The Bertz CT molecular complexity index is 542. The highest BCUT2D eigenvalue weighted by atomic mass is 15.1. The molecule has 112 valence electrons. The largest absolute Gasteiger partial charge is 0.306 e. The smallest absolute Gasteiger partial charge is 0.0991 e. The van der Waals surface area contributed by atoms with Gasteiger partial charge in [0.15, 0.2) is 0 Å². The van der Waals surface area contributed by atoms with Crippen LogP contribution < -0.4 is 0 Å². The molecule has 0 aliphatic carbocycles. The molecular formula is C18H25N3. The Morgan fingerprint density at radius 2 is 2.05 bits per heavy atom. The van der Waals surface area contributed by atoms with Gasteiger partial charge >= 0.3 is 0 Å². The molecule has 0 amide bonds. The number of rotatable bonds is 4. The molecule has 1 aliphatic rings. The quantitative estimate of drug-likeness (QED) is 0.852. The van der Waals surface area contributed by atoms with Gasteiger partial charge in [-0.3, -0.25) is 4.90 Å². The summed E-state index contributed by atoms with van der Waals surface area (Å²) in [7, 11) is 0. The average Bonchev–Trinajstić information content (AvgIpc) is 3.02. The zero-order valence-corrected chi connectivity index (χ0v) is 13.1. The van der Waals surface area contributed by atoms with Crippen LogP contribution in [0.1, 0.15) is 32.3 Å². The molecule has 1 atom stereocenters. The summed E-state index contributed by atoms with van der Waals surface area (Å²) >= 11 is 0. The Morgan fingerprint density at radius 3 is 2.71 bits per heavy atom. The van der Waals surface area contributed by atoms with Crippen molar-refractivity contribution in [2.45, 2.75) is 33.2 Å². The van der Waals surface area contributed by atoms with E-state index in [2.05, 4.69) is 48.0 Å². The van der Waals surface area contributed by atoms with Gasteiger partial charge in [-0.1, -0.05) is 26.0 Å². The summed E-state index contributed by atoms with van der Waals surface area (Å²) in [6.45, 7) is 8.28. The number of hydrogen-bond acceptors (Lipinski definition) is 2. The molecule has 1 aromatic carbocycles. The summed E-state index contributed by atoms with van der Waals surface area (Å²) in [5, 5.41) is 0. The Kier molecular flexibility index (Phi) is 4.39. The van der Waals surface area contributed by atoms with E-state index in [9.17, 15) is 0 Å². The lowest BCUT2D eigenvalue weighted by Gasteiger charge is -2.34. The van der Waals surface area contributed by atoms with Crippen molar-refractivity contribution in [1.82, 2.24) is 14.5 Å². The molecule has 0 radical (unpaired) electrons. The molecule has 3 nitrogen and oxygen atoms in total. The van der Waals surface area contributed by atoms with Gasteiger partial charge in [0.05, 0.1) is 6.33 Å². The van der Waals surface area contributed by atoms with Gasteiger partial charge in [-0.15, -0.1) is 0 Å². The van der Waals surface area contributed by atoms with Crippen LogP contribution in [0.2, 0.25) is 0 Å². The summed E-state index contributed by atoms with van der Waals surface area (Å²) in [5.41, 5.74) is 2.58. The maximum atomic E-state index is 4.09. The number of imidazole rings is 1. The fourth-order valence-electron chi connectivity index (χ4n) is 3.22. The van der Waals surface area contributed by atoms with Gasteiger partial charge in [0.2, 0.25) is 0 Å². The Morgan fingerprint density at radius 1 is 1.24 bits per heavy atom. The van der Waals surface area contributed by atoms with Crippen LogP contribution in [0.25, 0.3) is 5.69 Å². The number of hydrogen-bond donors (Lipinski definition) is 0. The van der Waals surface area contributed by atoms with Crippen LogP contribution in [-0.2, 0) is 6.54 Å². The lowest BCUT2D eigenvalue weighted by molar-refractivity contribution is 0.139. The number of benzene rings is 1. The highest BCUT2D eigenvalue weighted by Crippen LogP contribution is 2.24. The Labute approximate surface area is 127 Å². The third kappa shape index (κ3) is 3.53. The van der Waals surface area contributed by atoms with E-state index in [-0.39, 0.29) is 0 Å². The maximum Gasteiger partial charge on any atom is 0.0991 e. The molecule has 0 N–H and O–H groups in total. The minimum absolute atomic E-state index is 0.802. The summed E-state index contributed by atoms with van der Waals surface area (Å²) in [6, 6.07) is 8.85. The zero-order valence-electron chi connectivity index (χ0n) is 13.1. The second-order valence-electron chi connectivity index (χ2n) is 6.52. The first-order chi connectivity index (χ1) is 10.2. The van der Waals surface area contributed by atoms with Crippen molar-refractivity contribution in [3.8, 4) is 5.69 Å². The first-order valence-electron chi connectivity index (χ1n) is 8.02. The molecule has 0 bridgehead atoms. The third-order valence-electron chi connectivity index (χ3n) is 4.63. The number of likely N-dealkylation sites (tertiary alicyclic amines) is 1. The molecule has 0 spiro atoms. The third-order valence-corrected chi connectivity index (χ3v) is 4.63. The molecule has 1 saturated heterocycles. The fourth-order valence-corrected chi connectivity index (χ4v) is 3.22. The van der Waals surface area contributed by atoms with E-state index in [1.54, 1.807) is 0 Å². The minimum Gasteiger partial charge on any atom is -0.306 e. The van der Waals surface area contributed by atoms with Gasteiger partial charge in [-0.25, -0.2) is 4.98 Å². The van der Waals surface area contributed by atoms with Crippen molar-refractivity contribution in [2.75, 3.05) is 13.1 Å². The average molecular weight is 283 g/mol. The minimum atomic E-state index is 0.802. The van der Waals surface area contributed by atoms with Crippen LogP contribution >= 0.6 is 0 Å². The van der Waals surface area contributed by atoms with Crippen molar-refractivity contribution in [3.05, 3.63) is 48.5 Å². The maximum absolute atomic E-state index is 4.09. The molecule has 1 fully saturated rings. The van der Waals surface area contributed by atoms with Gasteiger partial charge in [-0.05, 0) is 48.9 Å². The standard InChI is InChI=1S/C18H25N3/c1-15(2)17-4-3-10-20(13-17)12-16-5-7-18(8-6-16)21-11-9-19-14-21/h5-9,11,14-15,17H,3-4,10,12-13H2,1-2H3/t17-/m1/s1. The van der Waals surface area contributed by atoms with E-state index in [0.29, 0.717) is 0 Å². The van der Waals surface area contributed by atoms with E-state index in [0.717, 1.165) is 18.4 Å². The summed E-state index contributed by atoms with van der Waals surface area (Å²) < 4.78 is 2.04. The van der Waals surface area contributed by atoms with Crippen LogP contribution in [0, 0.1) is 11.8 Å². The molecule has 3 rings (SSSR count). The predicted octanol–water partition coefficient (Wildman–Crippen LogP) is 3.74. The van der Waals surface area contributed by atoms with Crippen molar-refractivity contribution >= 4 is 0 Å². The Balaban J connectivity index is 1.62. The first kappa shape index (κ1) is 14.3. The molecular weight excluding hydrogens is 258 g/mol. The van der Waals surface area contributed by atoms with Gasteiger partial charge in [0, 0.05) is 31.2 Å². The second-order valence-corrected chi connectivity index (χ2v) is 6.52. The van der Waals surface area contributed by atoms with Crippen LogP contribution in [-0.4, -0.2) is 27.5 Å². The van der Waals surface area contributed by atoms with Crippen LogP contribution in [0.15, 0.2) is 43.0 Å². The molecule has 0 unspecified atom stereocenters. The van der Waals surface area contributed by atoms with Crippen LogP contribution in [0.5, 0.6) is 0 Å². The van der Waals surface area contributed by atoms with E-state index < -0.39 is 0 Å². The van der Waals surface area contributed by atoms with Gasteiger partial charge in [0.25, 0.3) is 0 Å². The highest BCUT2D eigenvalue weighted by Gasteiger charge is 2.22.